The number of hydrogen-bond donors (Lipinski definition) is 1. The van der Waals surface area contributed by atoms with Crippen molar-refractivity contribution in [2.75, 3.05) is 32.9 Å². The number of benzene rings is 2. The lowest BCUT2D eigenvalue weighted by atomic mass is 10.1. The maximum atomic E-state index is 13.0. The van der Waals surface area contributed by atoms with Gasteiger partial charge in [0.25, 0.3) is 5.91 Å². The number of morpholine rings is 1. The molecule has 2 aromatic rings. The van der Waals surface area contributed by atoms with Gasteiger partial charge in [-0.1, -0.05) is 37.3 Å². The highest BCUT2D eigenvalue weighted by molar-refractivity contribution is 7.89. The Kier molecular flexibility index (Phi) is 8.23. The van der Waals surface area contributed by atoms with Crippen LogP contribution in [0.15, 0.2) is 47.4 Å². The van der Waals surface area contributed by atoms with Crippen LogP contribution in [0.25, 0.3) is 0 Å². The van der Waals surface area contributed by atoms with Crippen molar-refractivity contribution in [1.82, 2.24) is 9.62 Å². The normalized spacial score (nSPS) is 15.6. The fourth-order valence-electron chi connectivity index (χ4n) is 3.55. The zero-order valence-electron chi connectivity index (χ0n) is 19.2. The van der Waals surface area contributed by atoms with Crippen molar-refractivity contribution in [1.29, 1.82) is 0 Å². The van der Waals surface area contributed by atoms with Crippen molar-refractivity contribution in [3.05, 3.63) is 64.7 Å². The van der Waals surface area contributed by atoms with E-state index in [-0.39, 0.29) is 29.6 Å². The Labute approximate surface area is 194 Å². The molecule has 178 valence electrons. The maximum Gasteiger partial charge on any atom is 0.338 e. The van der Waals surface area contributed by atoms with Gasteiger partial charge in [-0.05, 0) is 49.1 Å². The van der Waals surface area contributed by atoms with Crippen LogP contribution in [0.4, 0.5) is 0 Å². The molecular weight excluding hydrogens is 444 g/mol. The van der Waals surface area contributed by atoms with Crippen LogP contribution in [0.2, 0.25) is 0 Å². The molecule has 1 aliphatic heterocycles. The molecule has 1 atom stereocenters. The van der Waals surface area contributed by atoms with E-state index in [0.29, 0.717) is 18.8 Å². The van der Waals surface area contributed by atoms with E-state index in [9.17, 15) is 18.0 Å². The van der Waals surface area contributed by atoms with E-state index in [1.54, 1.807) is 13.0 Å². The van der Waals surface area contributed by atoms with Crippen LogP contribution in [-0.2, 0) is 30.7 Å². The SMILES string of the molecule is CCc1ccc(C(C)NC(=O)COC(=O)c2ccc(C)c(S(=O)(=O)N3CCOCC3)c2)cc1. The van der Waals surface area contributed by atoms with E-state index in [1.807, 2.05) is 31.2 Å². The molecule has 1 unspecified atom stereocenters. The van der Waals surface area contributed by atoms with Gasteiger partial charge in [-0.3, -0.25) is 4.79 Å². The molecule has 1 aliphatic rings. The van der Waals surface area contributed by atoms with Gasteiger partial charge in [0.15, 0.2) is 6.61 Å². The number of sulfonamides is 1. The summed E-state index contributed by atoms with van der Waals surface area (Å²) >= 11 is 0. The molecule has 8 nitrogen and oxygen atoms in total. The first kappa shape index (κ1) is 24.9. The molecule has 0 spiro atoms. The van der Waals surface area contributed by atoms with E-state index in [4.69, 9.17) is 9.47 Å². The first-order valence-electron chi connectivity index (χ1n) is 11.0. The third kappa shape index (κ3) is 6.19. The van der Waals surface area contributed by atoms with E-state index >= 15 is 0 Å². The van der Waals surface area contributed by atoms with Gasteiger partial charge in [0.2, 0.25) is 10.0 Å². The molecule has 33 heavy (non-hydrogen) atoms. The van der Waals surface area contributed by atoms with Crippen LogP contribution in [0.5, 0.6) is 0 Å². The van der Waals surface area contributed by atoms with Gasteiger partial charge in [0.05, 0.1) is 29.7 Å². The Hall–Kier alpha value is -2.75. The second-order valence-electron chi connectivity index (χ2n) is 7.96. The Bertz CT molecular complexity index is 1090. The summed E-state index contributed by atoms with van der Waals surface area (Å²) in [4.78, 5) is 24.8. The van der Waals surface area contributed by atoms with Gasteiger partial charge < -0.3 is 14.8 Å². The summed E-state index contributed by atoms with van der Waals surface area (Å²) in [5, 5.41) is 2.80. The van der Waals surface area contributed by atoms with E-state index < -0.39 is 28.5 Å². The molecule has 1 fully saturated rings. The number of carbonyl (C=O) groups excluding carboxylic acids is 2. The van der Waals surface area contributed by atoms with Crippen LogP contribution in [0.1, 0.15) is 46.9 Å². The van der Waals surface area contributed by atoms with Crippen molar-refractivity contribution in [2.45, 2.75) is 38.1 Å². The number of aryl methyl sites for hydroxylation is 2. The highest BCUT2D eigenvalue weighted by Gasteiger charge is 2.28. The average Bonchev–Trinajstić information content (AvgIpc) is 2.83. The Morgan fingerprint density at radius 2 is 1.79 bits per heavy atom. The van der Waals surface area contributed by atoms with Crippen LogP contribution >= 0.6 is 0 Å². The first-order chi connectivity index (χ1) is 15.7. The minimum atomic E-state index is -3.77. The number of nitrogens with zero attached hydrogens (tertiary/aromatic N) is 1. The summed E-state index contributed by atoms with van der Waals surface area (Å²) in [6.45, 7) is 6.31. The van der Waals surface area contributed by atoms with Crippen LogP contribution in [-0.4, -0.2) is 57.5 Å². The van der Waals surface area contributed by atoms with Gasteiger partial charge in [-0.15, -0.1) is 0 Å². The predicted octanol–water partition coefficient (Wildman–Crippen LogP) is 2.61. The number of hydrogen-bond acceptors (Lipinski definition) is 6. The Morgan fingerprint density at radius 1 is 1.12 bits per heavy atom. The number of esters is 1. The number of ether oxygens (including phenoxy) is 2. The van der Waals surface area contributed by atoms with Gasteiger partial charge in [-0.2, -0.15) is 4.31 Å². The lowest BCUT2D eigenvalue weighted by Gasteiger charge is -2.26. The van der Waals surface area contributed by atoms with Crippen LogP contribution < -0.4 is 5.32 Å². The molecule has 0 bridgehead atoms. The third-order valence-electron chi connectivity index (χ3n) is 5.61. The largest absolute Gasteiger partial charge is 0.452 e. The number of carbonyl (C=O) groups is 2. The lowest BCUT2D eigenvalue weighted by molar-refractivity contribution is -0.124. The third-order valence-corrected chi connectivity index (χ3v) is 7.65. The lowest BCUT2D eigenvalue weighted by Crippen LogP contribution is -2.40. The molecule has 3 rings (SSSR count). The standard InChI is InChI=1S/C24H30N2O6S/c1-4-19-6-9-20(10-7-19)18(3)25-23(27)16-32-24(28)21-8-5-17(2)22(15-21)33(29,30)26-11-13-31-14-12-26/h5-10,15,18H,4,11-14,16H2,1-3H3,(H,25,27). The second kappa shape index (κ2) is 10.9. The van der Waals surface area contributed by atoms with Gasteiger partial charge >= 0.3 is 5.97 Å². The summed E-state index contributed by atoms with van der Waals surface area (Å²) in [6, 6.07) is 12.1. The zero-order valence-corrected chi connectivity index (χ0v) is 20.0. The highest BCUT2D eigenvalue weighted by Crippen LogP contribution is 2.23. The fourth-order valence-corrected chi connectivity index (χ4v) is 5.21. The first-order valence-corrected chi connectivity index (χ1v) is 12.4. The minimum Gasteiger partial charge on any atom is -0.452 e. The van der Waals surface area contributed by atoms with Gasteiger partial charge in [0, 0.05) is 13.1 Å². The molecule has 9 heteroatoms. The zero-order chi connectivity index (χ0) is 24.0. The van der Waals surface area contributed by atoms with Crippen molar-refractivity contribution in [2.24, 2.45) is 0 Å². The van der Waals surface area contributed by atoms with Crippen molar-refractivity contribution < 1.29 is 27.5 Å². The van der Waals surface area contributed by atoms with Crippen molar-refractivity contribution in [3.63, 3.8) is 0 Å². The molecule has 1 heterocycles. The van der Waals surface area contributed by atoms with E-state index in [2.05, 4.69) is 12.2 Å². The van der Waals surface area contributed by atoms with Gasteiger partial charge in [0.1, 0.15) is 0 Å². The number of amides is 1. The second-order valence-corrected chi connectivity index (χ2v) is 9.86. The molecule has 0 aromatic heterocycles. The number of rotatable bonds is 8. The predicted molar refractivity (Wildman–Crippen MR) is 123 cm³/mol. The molecular formula is C24H30N2O6S. The fraction of sp³-hybridized carbons (Fsp3) is 0.417. The number of nitrogens with one attached hydrogen (secondary N) is 1. The average molecular weight is 475 g/mol. The summed E-state index contributed by atoms with van der Waals surface area (Å²) in [6.07, 6.45) is 0.936. The maximum absolute atomic E-state index is 13.0. The smallest absolute Gasteiger partial charge is 0.338 e. The van der Waals surface area contributed by atoms with E-state index in [1.165, 1.54) is 22.0 Å². The molecule has 0 radical (unpaired) electrons. The highest BCUT2D eigenvalue weighted by atomic mass is 32.2. The van der Waals surface area contributed by atoms with E-state index in [0.717, 1.165) is 12.0 Å². The molecule has 0 saturated carbocycles. The van der Waals surface area contributed by atoms with Crippen LogP contribution in [0, 0.1) is 6.92 Å². The van der Waals surface area contributed by atoms with Gasteiger partial charge in [-0.25, -0.2) is 13.2 Å². The topological polar surface area (TPSA) is 102 Å². The Balaban J connectivity index is 1.61. The summed E-state index contributed by atoms with van der Waals surface area (Å²) in [5.41, 5.74) is 2.75. The van der Waals surface area contributed by atoms with Crippen molar-refractivity contribution in [3.8, 4) is 0 Å². The summed E-state index contributed by atoms with van der Waals surface area (Å²) < 4.78 is 37.7. The molecule has 1 saturated heterocycles. The molecule has 1 amide bonds. The summed E-state index contributed by atoms with van der Waals surface area (Å²) in [5.74, 6) is -1.20. The van der Waals surface area contributed by atoms with Crippen LogP contribution in [0.3, 0.4) is 0 Å². The van der Waals surface area contributed by atoms with Crippen molar-refractivity contribution >= 4 is 21.9 Å². The summed E-state index contributed by atoms with van der Waals surface area (Å²) in [7, 11) is -3.77. The molecule has 1 N–H and O–H groups in total. The minimum absolute atomic E-state index is 0.0486. The molecule has 2 aromatic carbocycles. The molecule has 0 aliphatic carbocycles. The monoisotopic (exact) mass is 474 g/mol. The quantitative estimate of drug-likeness (QED) is 0.590. The Morgan fingerprint density at radius 3 is 2.42 bits per heavy atom.